The number of nitrogens with zero attached hydrogens (tertiary/aromatic N) is 4. The molecule has 1 atom stereocenters. The number of aryl methyl sites for hydroxylation is 1. The van der Waals surface area contributed by atoms with Crippen molar-refractivity contribution in [3.63, 3.8) is 0 Å². The molecule has 0 bridgehead atoms. The van der Waals surface area contributed by atoms with Crippen LogP contribution in [0.1, 0.15) is 24.2 Å². The lowest BCUT2D eigenvalue weighted by Crippen LogP contribution is -2.31. The maximum absolute atomic E-state index is 13.3. The Morgan fingerprint density at radius 3 is 2.77 bits per heavy atom. The Balaban J connectivity index is 1.48. The van der Waals surface area contributed by atoms with E-state index in [0.29, 0.717) is 11.4 Å². The first-order valence-electron chi connectivity index (χ1n) is 9.20. The number of benzene rings is 1. The van der Waals surface area contributed by atoms with Crippen molar-refractivity contribution in [2.45, 2.75) is 19.9 Å². The Labute approximate surface area is 176 Å². The molecule has 2 N–H and O–H groups in total. The summed E-state index contributed by atoms with van der Waals surface area (Å²) in [6.45, 7) is 3.69. The fourth-order valence-electron chi connectivity index (χ4n) is 3.08. The van der Waals surface area contributed by atoms with Crippen molar-refractivity contribution < 1.29 is 9.18 Å². The molecule has 0 spiro atoms. The van der Waals surface area contributed by atoms with Gasteiger partial charge in [0.05, 0.1) is 34.7 Å². The topological polar surface area (TPSA) is 84.7 Å². The molecule has 0 fully saturated rings. The minimum Gasteiger partial charge on any atom is -0.331 e. The molecule has 1 unspecified atom stereocenters. The molecule has 3 aromatic heterocycles. The van der Waals surface area contributed by atoms with Crippen molar-refractivity contribution in [1.29, 1.82) is 0 Å². The molecular formula is C21H18ClFN6O. The van der Waals surface area contributed by atoms with Gasteiger partial charge in [-0.1, -0.05) is 17.7 Å². The maximum Gasteiger partial charge on any atom is 0.320 e. The predicted molar refractivity (Wildman–Crippen MR) is 113 cm³/mol. The van der Waals surface area contributed by atoms with E-state index in [9.17, 15) is 9.18 Å². The number of fused-ring (bicyclic) bond motifs is 1. The summed E-state index contributed by atoms with van der Waals surface area (Å²) in [5, 5.41) is 10.7. The summed E-state index contributed by atoms with van der Waals surface area (Å²) in [6.07, 6.45) is 5.08. The third-order valence-electron chi connectivity index (χ3n) is 4.61. The first-order valence-corrected chi connectivity index (χ1v) is 9.58. The van der Waals surface area contributed by atoms with Gasteiger partial charge in [-0.15, -0.1) is 0 Å². The number of urea groups is 1. The van der Waals surface area contributed by atoms with Gasteiger partial charge in [-0.3, -0.25) is 10.3 Å². The van der Waals surface area contributed by atoms with Crippen LogP contribution in [0.3, 0.4) is 0 Å². The molecule has 0 aliphatic rings. The van der Waals surface area contributed by atoms with Crippen LogP contribution in [0.5, 0.6) is 0 Å². The van der Waals surface area contributed by atoms with E-state index in [2.05, 4.69) is 25.7 Å². The van der Waals surface area contributed by atoms with Crippen molar-refractivity contribution in [3.05, 3.63) is 77.1 Å². The van der Waals surface area contributed by atoms with Gasteiger partial charge in [0.25, 0.3) is 0 Å². The smallest absolute Gasteiger partial charge is 0.320 e. The maximum atomic E-state index is 13.3. The highest BCUT2D eigenvalue weighted by Crippen LogP contribution is 2.22. The molecule has 9 heteroatoms. The van der Waals surface area contributed by atoms with Gasteiger partial charge in [0.1, 0.15) is 11.6 Å². The molecular weight excluding hydrogens is 407 g/mol. The average Bonchev–Trinajstić information content (AvgIpc) is 3.13. The molecule has 4 aromatic rings. The number of pyridine rings is 2. The highest BCUT2D eigenvalue weighted by molar-refractivity contribution is 6.30. The third kappa shape index (κ3) is 4.08. The number of hydrogen-bond acceptors (Lipinski definition) is 4. The Kier molecular flexibility index (Phi) is 5.33. The minimum absolute atomic E-state index is 0.00933. The number of aromatic nitrogens is 4. The molecule has 0 radical (unpaired) electrons. The van der Waals surface area contributed by atoms with E-state index in [1.54, 1.807) is 42.3 Å². The van der Waals surface area contributed by atoms with Gasteiger partial charge in [0, 0.05) is 17.3 Å². The number of anilines is 1. The predicted octanol–water partition coefficient (Wildman–Crippen LogP) is 4.80. The minimum atomic E-state index is -0.503. The Morgan fingerprint density at radius 2 is 2.00 bits per heavy atom. The van der Waals surface area contributed by atoms with E-state index >= 15 is 0 Å². The lowest BCUT2D eigenvalue weighted by atomic mass is 10.1. The van der Waals surface area contributed by atoms with E-state index < -0.39 is 11.8 Å². The molecule has 152 valence electrons. The van der Waals surface area contributed by atoms with Crippen LogP contribution in [0.2, 0.25) is 5.02 Å². The molecule has 0 saturated heterocycles. The molecule has 0 aliphatic carbocycles. The van der Waals surface area contributed by atoms with Crippen LogP contribution in [0.4, 0.5) is 15.0 Å². The van der Waals surface area contributed by atoms with Gasteiger partial charge in [0.15, 0.2) is 0 Å². The second-order valence-corrected chi connectivity index (χ2v) is 7.24. The van der Waals surface area contributed by atoms with Gasteiger partial charge >= 0.3 is 6.03 Å². The number of carbonyl (C=O) groups excluding carboxylic acids is 1. The summed E-state index contributed by atoms with van der Waals surface area (Å²) >= 11 is 5.81. The monoisotopic (exact) mass is 424 g/mol. The van der Waals surface area contributed by atoms with E-state index in [1.165, 1.54) is 12.1 Å². The third-order valence-corrected chi connectivity index (χ3v) is 4.90. The highest BCUT2D eigenvalue weighted by atomic mass is 35.5. The van der Waals surface area contributed by atoms with Crippen LogP contribution in [0, 0.1) is 12.7 Å². The number of carbonyl (C=O) groups is 1. The molecule has 2 amide bonds. The largest absolute Gasteiger partial charge is 0.331 e. The van der Waals surface area contributed by atoms with Crippen molar-refractivity contribution in [2.24, 2.45) is 0 Å². The number of nitrogens with one attached hydrogen (secondary N) is 2. The van der Waals surface area contributed by atoms with E-state index in [-0.39, 0.29) is 11.1 Å². The summed E-state index contributed by atoms with van der Waals surface area (Å²) < 4.78 is 15.1. The molecule has 30 heavy (non-hydrogen) atoms. The van der Waals surface area contributed by atoms with Crippen LogP contribution in [0.15, 0.2) is 55.0 Å². The quantitative estimate of drug-likeness (QED) is 0.493. The van der Waals surface area contributed by atoms with Gasteiger partial charge in [0.2, 0.25) is 0 Å². The van der Waals surface area contributed by atoms with Crippen molar-refractivity contribution >= 4 is 34.4 Å². The van der Waals surface area contributed by atoms with Gasteiger partial charge in [-0.05, 0) is 49.7 Å². The normalized spacial score (nSPS) is 12.0. The summed E-state index contributed by atoms with van der Waals surface area (Å²) in [5.41, 5.74) is 3.26. The van der Waals surface area contributed by atoms with E-state index in [0.717, 1.165) is 22.3 Å². The van der Waals surface area contributed by atoms with Crippen molar-refractivity contribution in [2.75, 3.05) is 5.32 Å². The molecule has 1 aromatic carbocycles. The van der Waals surface area contributed by atoms with E-state index in [1.807, 2.05) is 19.1 Å². The SMILES string of the molecule is Cc1cc(-n2ncc3cc(NC(=O)NC(C)c4ccc(F)c(Cl)c4)ncc32)ccn1. The number of amides is 2. The summed E-state index contributed by atoms with van der Waals surface area (Å²) in [4.78, 5) is 20.9. The summed E-state index contributed by atoms with van der Waals surface area (Å²) in [6, 6.07) is 9.05. The van der Waals surface area contributed by atoms with Crippen LogP contribution in [-0.4, -0.2) is 25.8 Å². The van der Waals surface area contributed by atoms with Crippen molar-refractivity contribution in [1.82, 2.24) is 25.1 Å². The first kappa shape index (κ1) is 19.8. The summed E-state index contributed by atoms with van der Waals surface area (Å²) in [5.74, 6) is -0.119. The fraction of sp³-hybridized carbons (Fsp3) is 0.143. The standard InChI is InChI=1S/C21H18ClFN6O/c1-12-7-16(5-6-24-12)29-19-11-25-20(9-15(19)10-26-29)28-21(30)27-13(2)14-3-4-18(23)17(22)8-14/h3-11,13H,1-2H3,(H2,25,27,28,30). The Bertz CT molecular complexity index is 1240. The molecule has 0 aliphatic heterocycles. The van der Waals surface area contributed by atoms with Crippen LogP contribution in [0.25, 0.3) is 16.6 Å². The molecule has 3 heterocycles. The lowest BCUT2D eigenvalue weighted by molar-refractivity contribution is 0.249. The van der Waals surface area contributed by atoms with E-state index in [4.69, 9.17) is 11.6 Å². The van der Waals surface area contributed by atoms with Crippen LogP contribution in [-0.2, 0) is 0 Å². The zero-order valence-corrected chi connectivity index (χ0v) is 17.0. The number of halogens is 2. The zero-order valence-electron chi connectivity index (χ0n) is 16.2. The zero-order chi connectivity index (χ0) is 21.3. The molecule has 7 nitrogen and oxygen atoms in total. The fourth-order valence-corrected chi connectivity index (χ4v) is 3.27. The summed E-state index contributed by atoms with van der Waals surface area (Å²) in [7, 11) is 0. The van der Waals surface area contributed by atoms with Crippen LogP contribution < -0.4 is 10.6 Å². The van der Waals surface area contributed by atoms with Crippen LogP contribution >= 0.6 is 11.6 Å². The molecule has 0 saturated carbocycles. The second-order valence-electron chi connectivity index (χ2n) is 6.83. The number of hydrogen-bond donors (Lipinski definition) is 2. The Morgan fingerprint density at radius 1 is 1.17 bits per heavy atom. The Hall–Kier alpha value is -3.52. The second kappa shape index (κ2) is 8.08. The lowest BCUT2D eigenvalue weighted by Gasteiger charge is -2.15. The highest BCUT2D eigenvalue weighted by Gasteiger charge is 2.13. The number of rotatable bonds is 4. The van der Waals surface area contributed by atoms with Gasteiger partial charge < -0.3 is 5.32 Å². The first-order chi connectivity index (χ1) is 14.4. The van der Waals surface area contributed by atoms with Crippen molar-refractivity contribution in [3.8, 4) is 5.69 Å². The van der Waals surface area contributed by atoms with Gasteiger partial charge in [-0.2, -0.15) is 5.10 Å². The molecule has 4 rings (SSSR count). The van der Waals surface area contributed by atoms with Gasteiger partial charge in [-0.25, -0.2) is 18.9 Å². The average molecular weight is 425 g/mol.